The molecule has 1 aliphatic rings. The van der Waals surface area contributed by atoms with E-state index in [0.717, 1.165) is 17.3 Å². The molecule has 2 heterocycles. The van der Waals surface area contributed by atoms with Crippen LogP contribution in [0, 0.1) is 5.82 Å². The maximum Gasteiger partial charge on any atom is 0.270 e. The molecule has 0 spiro atoms. The number of anilines is 1. The maximum absolute atomic E-state index is 13.9. The number of amides is 1. The van der Waals surface area contributed by atoms with Crippen LogP contribution in [0.15, 0.2) is 53.7 Å². The number of aromatic nitrogens is 1. The first-order chi connectivity index (χ1) is 10.2. The van der Waals surface area contributed by atoms with E-state index >= 15 is 0 Å². The molecule has 6 heteroatoms. The molecule has 1 amide bonds. The number of para-hydroxylation sites is 1. The third kappa shape index (κ3) is 2.72. The number of benzene rings is 1. The van der Waals surface area contributed by atoms with Crippen molar-refractivity contribution >= 4 is 46.0 Å². The third-order valence-corrected chi connectivity index (χ3v) is 4.19. The van der Waals surface area contributed by atoms with E-state index in [0.29, 0.717) is 9.23 Å². The van der Waals surface area contributed by atoms with Gasteiger partial charge in [-0.3, -0.25) is 14.7 Å². The summed E-state index contributed by atoms with van der Waals surface area (Å²) in [5.74, 6) is -0.786. The zero-order valence-electron chi connectivity index (χ0n) is 10.7. The lowest BCUT2D eigenvalue weighted by atomic mass is 10.2. The highest BCUT2D eigenvalue weighted by Gasteiger charge is 2.34. The number of hydrogen-bond acceptors (Lipinski definition) is 4. The summed E-state index contributed by atoms with van der Waals surface area (Å²) < 4.78 is 14.2. The summed E-state index contributed by atoms with van der Waals surface area (Å²) in [4.78, 5) is 18.1. The Hall–Kier alpha value is -2.05. The predicted molar refractivity (Wildman–Crippen MR) is 86.3 cm³/mol. The molecular formula is C15H9FN2OS2. The van der Waals surface area contributed by atoms with E-state index < -0.39 is 5.82 Å². The van der Waals surface area contributed by atoms with Crippen LogP contribution in [-0.2, 0) is 4.79 Å². The van der Waals surface area contributed by atoms with Crippen LogP contribution in [0.1, 0.15) is 5.56 Å². The molecule has 2 aromatic rings. The summed E-state index contributed by atoms with van der Waals surface area (Å²) in [6, 6.07) is 9.66. The van der Waals surface area contributed by atoms with E-state index in [-0.39, 0.29) is 11.6 Å². The van der Waals surface area contributed by atoms with E-state index in [2.05, 4.69) is 4.98 Å². The topological polar surface area (TPSA) is 33.2 Å². The molecule has 0 saturated carbocycles. The van der Waals surface area contributed by atoms with Crippen LogP contribution >= 0.6 is 24.0 Å². The van der Waals surface area contributed by atoms with Gasteiger partial charge >= 0.3 is 0 Å². The van der Waals surface area contributed by atoms with Gasteiger partial charge in [-0.25, -0.2) is 4.39 Å². The van der Waals surface area contributed by atoms with Crippen molar-refractivity contribution in [2.24, 2.45) is 0 Å². The van der Waals surface area contributed by atoms with Crippen molar-refractivity contribution in [3.8, 4) is 0 Å². The molecule has 21 heavy (non-hydrogen) atoms. The van der Waals surface area contributed by atoms with Gasteiger partial charge in [-0.2, -0.15) is 0 Å². The molecule has 3 nitrogen and oxygen atoms in total. The molecule has 0 radical (unpaired) electrons. The van der Waals surface area contributed by atoms with Crippen molar-refractivity contribution in [3.63, 3.8) is 0 Å². The molecule has 1 aliphatic heterocycles. The van der Waals surface area contributed by atoms with Crippen LogP contribution in [0.25, 0.3) is 6.08 Å². The molecule has 0 bridgehead atoms. The zero-order valence-corrected chi connectivity index (χ0v) is 12.3. The maximum atomic E-state index is 13.9. The number of carbonyl (C=O) groups excluding carboxylic acids is 1. The van der Waals surface area contributed by atoms with Gasteiger partial charge in [0, 0.05) is 12.4 Å². The summed E-state index contributed by atoms with van der Waals surface area (Å²) in [6.45, 7) is 0. The Morgan fingerprint density at radius 3 is 2.62 bits per heavy atom. The SMILES string of the molecule is O=C1/C(=C\c2ccncc2)SC(=S)N1c1ccccc1F. The smallest absolute Gasteiger partial charge is 0.268 e. The minimum Gasteiger partial charge on any atom is -0.268 e. The molecule has 1 aromatic carbocycles. The van der Waals surface area contributed by atoms with E-state index in [1.54, 1.807) is 42.7 Å². The second-order valence-corrected chi connectivity index (χ2v) is 5.92. The van der Waals surface area contributed by atoms with E-state index in [9.17, 15) is 9.18 Å². The van der Waals surface area contributed by atoms with Gasteiger partial charge < -0.3 is 0 Å². The Bertz CT molecular complexity index is 746. The van der Waals surface area contributed by atoms with E-state index in [1.807, 2.05) is 0 Å². The first-order valence-electron chi connectivity index (χ1n) is 6.09. The molecule has 0 atom stereocenters. The number of thioether (sulfide) groups is 1. The Kier molecular flexibility index (Phi) is 3.81. The van der Waals surface area contributed by atoms with Gasteiger partial charge in [0.05, 0.1) is 10.6 Å². The Labute approximate surface area is 130 Å². The largest absolute Gasteiger partial charge is 0.270 e. The zero-order chi connectivity index (χ0) is 14.8. The van der Waals surface area contributed by atoms with Gasteiger partial charge in [0.25, 0.3) is 5.91 Å². The van der Waals surface area contributed by atoms with Crippen molar-refractivity contribution < 1.29 is 9.18 Å². The Morgan fingerprint density at radius 1 is 1.19 bits per heavy atom. The summed E-state index contributed by atoms with van der Waals surface area (Å²) in [6.07, 6.45) is 5.01. The van der Waals surface area contributed by atoms with Crippen molar-refractivity contribution in [2.45, 2.75) is 0 Å². The minimum absolute atomic E-state index is 0.179. The average molecular weight is 316 g/mol. The van der Waals surface area contributed by atoms with Crippen LogP contribution < -0.4 is 4.90 Å². The predicted octanol–water partition coefficient (Wildman–Crippen LogP) is 3.63. The first-order valence-corrected chi connectivity index (χ1v) is 7.32. The fourth-order valence-corrected chi connectivity index (χ4v) is 3.20. The summed E-state index contributed by atoms with van der Waals surface area (Å²) in [5, 5.41) is 0. The molecule has 1 saturated heterocycles. The molecule has 104 valence electrons. The fourth-order valence-electron chi connectivity index (χ4n) is 1.92. The van der Waals surface area contributed by atoms with Gasteiger partial charge in [0.1, 0.15) is 5.82 Å². The molecule has 1 fully saturated rings. The average Bonchev–Trinajstić information content (AvgIpc) is 2.76. The molecule has 0 aliphatic carbocycles. The molecule has 0 unspecified atom stereocenters. The second-order valence-electron chi connectivity index (χ2n) is 4.25. The number of nitrogens with zero attached hydrogens (tertiary/aromatic N) is 2. The number of carbonyl (C=O) groups is 1. The number of thiocarbonyl (C=S) groups is 1. The summed E-state index contributed by atoms with van der Waals surface area (Å²) in [5.41, 5.74) is 1.03. The van der Waals surface area contributed by atoms with Gasteiger partial charge in [-0.15, -0.1) is 0 Å². The van der Waals surface area contributed by atoms with Gasteiger partial charge in [-0.05, 0) is 35.9 Å². The lowest BCUT2D eigenvalue weighted by molar-refractivity contribution is -0.113. The van der Waals surface area contributed by atoms with Crippen molar-refractivity contribution in [2.75, 3.05) is 4.90 Å². The Morgan fingerprint density at radius 2 is 1.90 bits per heavy atom. The molecule has 1 aromatic heterocycles. The monoisotopic (exact) mass is 316 g/mol. The lowest BCUT2D eigenvalue weighted by Gasteiger charge is -2.14. The second kappa shape index (κ2) is 5.75. The fraction of sp³-hybridized carbons (Fsp3) is 0. The summed E-state index contributed by atoms with van der Waals surface area (Å²) in [7, 11) is 0. The van der Waals surface area contributed by atoms with Crippen LogP contribution in [0.2, 0.25) is 0 Å². The highest BCUT2D eigenvalue weighted by molar-refractivity contribution is 8.27. The number of hydrogen-bond donors (Lipinski definition) is 0. The quantitative estimate of drug-likeness (QED) is 0.626. The lowest BCUT2D eigenvalue weighted by Crippen LogP contribution is -2.28. The number of halogens is 1. The summed E-state index contributed by atoms with van der Waals surface area (Å²) >= 11 is 6.36. The molecule has 3 rings (SSSR count). The van der Waals surface area contributed by atoms with E-state index in [1.165, 1.54) is 17.0 Å². The number of rotatable bonds is 2. The van der Waals surface area contributed by atoms with Crippen LogP contribution in [0.5, 0.6) is 0 Å². The standard InChI is InChI=1S/C15H9FN2OS2/c16-11-3-1-2-4-12(11)18-14(19)13(21-15(18)20)9-10-5-7-17-8-6-10/h1-9H/b13-9+. The highest BCUT2D eigenvalue weighted by atomic mass is 32.2. The molecular weight excluding hydrogens is 307 g/mol. The minimum atomic E-state index is -0.473. The van der Waals surface area contributed by atoms with Crippen molar-refractivity contribution in [1.29, 1.82) is 0 Å². The van der Waals surface area contributed by atoms with Crippen LogP contribution in [0.3, 0.4) is 0 Å². The van der Waals surface area contributed by atoms with Crippen LogP contribution in [0.4, 0.5) is 10.1 Å². The molecule has 0 N–H and O–H groups in total. The van der Waals surface area contributed by atoms with Crippen molar-refractivity contribution in [1.82, 2.24) is 4.98 Å². The Balaban J connectivity index is 1.97. The third-order valence-electron chi connectivity index (χ3n) is 2.89. The van der Waals surface area contributed by atoms with Gasteiger partial charge in [-0.1, -0.05) is 36.1 Å². The van der Waals surface area contributed by atoms with Crippen molar-refractivity contribution in [3.05, 3.63) is 65.1 Å². The normalized spacial score (nSPS) is 16.8. The van der Waals surface area contributed by atoms with Gasteiger partial charge in [0.2, 0.25) is 0 Å². The first kappa shape index (κ1) is 13.9. The van der Waals surface area contributed by atoms with Crippen LogP contribution in [-0.4, -0.2) is 15.2 Å². The van der Waals surface area contributed by atoms with Gasteiger partial charge in [0.15, 0.2) is 4.32 Å². The number of pyridine rings is 1. The highest BCUT2D eigenvalue weighted by Crippen LogP contribution is 2.36. The van der Waals surface area contributed by atoms with E-state index in [4.69, 9.17) is 12.2 Å².